The number of likely N-dealkylation sites (tertiary alicyclic amines) is 1. The van der Waals surface area contributed by atoms with Crippen LogP contribution in [0.5, 0.6) is 0 Å². The Morgan fingerprint density at radius 3 is 2.47 bits per heavy atom. The number of carbonyl (C=O) groups is 2. The van der Waals surface area contributed by atoms with E-state index in [1.807, 2.05) is 6.92 Å². The molecule has 1 N–H and O–H groups in total. The maximum atomic E-state index is 12.6. The number of nitrogens with zero attached hydrogens (tertiary/aromatic N) is 1. The van der Waals surface area contributed by atoms with Crippen LogP contribution in [0.15, 0.2) is 0 Å². The van der Waals surface area contributed by atoms with E-state index in [4.69, 9.17) is 0 Å². The summed E-state index contributed by atoms with van der Waals surface area (Å²) in [5, 5.41) is 3.26. The molecule has 1 saturated carbocycles. The van der Waals surface area contributed by atoms with Gasteiger partial charge < -0.3 is 5.32 Å². The van der Waals surface area contributed by atoms with Gasteiger partial charge in [0.05, 0.1) is 11.0 Å². The molecule has 0 radical (unpaired) electrons. The van der Waals surface area contributed by atoms with Crippen molar-refractivity contribution in [3.8, 4) is 0 Å². The van der Waals surface area contributed by atoms with Gasteiger partial charge in [0.15, 0.2) is 0 Å². The van der Waals surface area contributed by atoms with Crippen molar-refractivity contribution in [2.45, 2.75) is 51.0 Å². The lowest BCUT2D eigenvalue weighted by Gasteiger charge is -2.34. The van der Waals surface area contributed by atoms with Crippen LogP contribution in [0, 0.1) is 5.41 Å². The smallest absolute Gasteiger partial charge is 0.236 e. The van der Waals surface area contributed by atoms with Gasteiger partial charge in [0.1, 0.15) is 0 Å². The monoisotopic (exact) mass is 236 g/mol. The molecule has 94 valence electrons. The van der Waals surface area contributed by atoms with E-state index in [9.17, 15) is 9.59 Å². The molecule has 1 spiro atoms. The van der Waals surface area contributed by atoms with Crippen LogP contribution in [0.3, 0.4) is 0 Å². The van der Waals surface area contributed by atoms with Crippen molar-refractivity contribution in [2.24, 2.45) is 5.41 Å². The fourth-order valence-corrected chi connectivity index (χ4v) is 3.78. The molecule has 0 aromatic carbocycles. The number of nitrogens with one attached hydrogen (secondary N) is 1. The van der Waals surface area contributed by atoms with Gasteiger partial charge in [-0.05, 0) is 32.7 Å². The second-order valence-electron chi connectivity index (χ2n) is 6.12. The highest BCUT2D eigenvalue weighted by atomic mass is 16.2. The molecule has 1 unspecified atom stereocenters. The Bertz CT molecular complexity index is 366. The van der Waals surface area contributed by atoms with Crippen molar-refractivity contribution in [1.82, 2.24) is 10.2 Å². The summed E-state index contributed by atoms with van der Waals surface area (Å²) in [6.45, 7) is 3.69. The summed E-state index contributed by atoms with van der Waals surface area (Å²) in [6, 6.07) is 0. The van der Waals surface area contributed by atoms with Gasteiger partial charge in [0.25, 0.3) is 0 Å². The third-order valence-electron chi connectivity index (χ3n) is 4.84. The lowest BCUT2D eigenvalue weighted by Crippen LogP contribution is -2.52. The summed E-state index contributed by atoms with van der Waals surface area (Å²) >= 11 is 0. The summed E-state index contributed by atoms with van der Waals surface area (Å²) in [6.07, 6.45) is 5.38. The first kappa shape index (κ1) is 11.2. The Hall–Kier alpha value is -0.900. The molecular formula is C13H20N2O2. The van der Waals surface area contributed by atoms with Gasteiger partial charge in [0.2, 0.25) is 11.8 Å². The predicted molar refractivity (Wildman–Crippen MR) is 63.3 cm³/mol. The van der Waals surface area contributed by atoms with Crippen LogP contribution in [0.25, 0.3) is 0 Å². The molecule has 0 aromatic rings. The fourth-order valence-electron chi connectivity index (χ4n) is 3.78. The van der Waals surface area contributed by atoms with E-state index in [-0.39, 0.29) is 22.8 Å². The quantitative estimate of drug-likeness (QED) is 0.693. The highest BCUT2D eigenvalue weighted by Gasteiger charge is 2.57. The Balaban J connectivity index is 1.91. The summed E-state index contributed by atoms with van der Waals surface area (Å²) < 4.78 is 0. The molecule has 2 aliphatic heterocycles. The minimum absolute atomic E-state index is 0.0584. The first-order chi connectivity index (χ1) is 8.07. The average Bonchev–Trinajstić information content (AvgIpc) is 2.93. The molecular weight excluding hydrogens is 216 g/mol. The Kier molecular flexibility index (Phi) is 2.34. The average molecular weight is 236 g/mol. The molecule has 4 nitrogen and oxygen atoms in total. The van der Waals surface area contributed by atoms with E-state index in [1.54, 1.807) is 4.90 Å². The molecule has 2 heterocycles. The normalized spacial score (nSPS) is 36.4. The molecule has 1 aliphatic carbocycles. The largest absolute Gasteiger partial charge is 0.314 e. The summed E-state index contributed by atoms with van der Waals surface area (Å²) in [5.74, 6) is 0.175. The molecule has 0 aromatic heterocycles. The molecule has 2 amide bonds. The third kappa shape index (κ3) is 1.46. The standard InChI is InChI=1S/C13H20N2O2/c1-12(6-7-14-9-12)15-10(16)8-13(11(15)17)4-2-3-5-13/h14H,2-9H2,1H3. The highest BCUT2D eigenvalue weighted by molar-refractivity contribution is 6.06. The van der Waals surface area contributed by atoms with E-state index in [1.165, 1.54) is 0 Å². The number of carbonyl (C=O) groups excluding carboxylic acids is 2. The molecule has 17 heavy (non-hydrogen) atoms. The molecule has 3 aliphatic rings. The van der Waals surface area contributed by atoms with Crippen LogP contribution < -0.4 is 5.32 Å². The van der Waals surface area contributed by atoms with Gasteiger partial charge in [-0.3, -0.25) is 14.5 Å². The topological polar surface area (TPSA) is 49.4 Å². The van der Waals surface area contributed by atoms with Crippen LogP contribution >= 0.6 is 0 Å². The molecule has 4 heteroatoms. The van der Waals surface area contributed by atoms with E-state index in [0.29, 0.717) is 6.42 Å². The first-order valence-corrected chi connectivity index (χ1v) is 6.66. The molecule has 0 bridgehead atoms. The summed E-state index contributed by atoms with van der Waals surface area (Å²) in [5.41, 5.74) is -0.594. The lowest BCUT2D eigenvalue weighted by molar-refractivity contribution is -0.147. The zero-order chi connectivity index (χ0) is 12.1. The van der Waals surface area contributed by atoms with Crippen LogP contribution in [0.2, 0.25) is 0 Å². The minimum atomic E-state index is -0.317. The second kappa shape index (κ2) is 3.55. The molecule has 1 atom stereocenters. The highest BCUT2D eigenvalue weighted by Crippen LogP contribution is 2.49. The van der Waals surface area contributed by atoms with Gasteiger partial charge in [-0.1, -0.05) is 12.8 Å². The van der Waals surface area contributed by atoms with E-state index >= 15 is 0 Å². The van der Waals surface area contributed by atoms with E-state index < -0.39 is 0 Å². The van der Waals surface area contributed by atoms with Crippen molar-refractivity contribution in [2.75, 3.05) is 13.1 Å². The van der Waals surface area contributed by atoms with Gasteiger partial charge in [-0.2, -0.15) is 0 Å². The minimum Gasteiger partial charge on any atom is -0.314 e. The lowest BCUT2D eigenvalue weighted by atomic mass is 9.84. The van der Waals surface area contributed by atoms with Crippen LogP contribution in [0.1, 0.15) is 45.4 Å². The van der Waals surface area contributed by atoms with Gasteiger partial charge in [-0.15, -0.1) is 0 Å². The number of hydrogen-bond donors (Lipinski definition) is 1. The second-order valence-corrected chi connectivity index (χ2v) is 6.12. The first-order valence-electron chi connectivity index (χ1n) is 6.66. The van der Waals surface area contributed by atoms with Crippen molar-refractivity contribution >= 4 is 11.8 Å². The maximum absolute atomic E-state index is 12.6. The van der Waals surface area contributed by atoms with Crippen molar-refractivity contribution in [1.29, 1.82) is 0 Å². The maximum Gasteiger partial charge on any atom is 0.236 e. The Morgan fingerprint density at radius 2 is 1.88 bits per heavy atom. The van der Waals surface area contributed by atoms with Crippen molar-refractivity contribution in [3.63, 3.8) is 0 Å². The molecule has 3 rings (SSSR count). The van der Waals surface area contributed by atoms with Crippen LogP contribution in [-0.2, 0) is 9.59 Å². The zero-order valence-electron chi connectivity index (χ0n) is 10.4. The number of imide groups is 1. The summed E-state index contributed by atoms with van der Waals surface area (Å²) in [4.78, 5) is 26.4. The number of amides is 2. The third-order valence-corrected chi connectivity index (χ3v) is 4.84. The SMILES string of the molecule is CC1(N2C(=O)CC3(CCCC3)C2=O)CCNC1. The van der Waals surface area contributed by atoms with Gasteiger partial charge >= 0.3 is 0 Å². The van der Waals surface area contributed by atoms with Crippen LogP contribution in [-0.4, -0.2) is 35.3 Å². The molecule has 3 fully saturated rings. The van der Waals surface area contributed by atoms with Crippen molar-refractivity contribution in [3.05, 3.63) is 0 Å². The van der Waals surface area contributed by atoms with Crippen LogP contribution in [0.4, 0.5) is 0 Å². The Morgan fingerprint density at radius 1 is 1.18 bits per heavy atom. The van der Waals surface area contributed by atoms with Gasteiger partial charge in [-0.25, -0.2) is 0 Å². The summed E-state index contributed by atoms with van der Waals surface area (Å²) in [7, 11) is 0. The molecule has 2 saturated heterocycles. The van der Waals surface area contributed by atoms with E-state index in [2.05, 4.69) is 5.32 Å². The van der Waals surface area contributed by atoms with Crippen molar-refractivity contribution < 1.29 is 9.59 Å². The Labute approximate surface area is 102 Å². The van der Waals surface area contributed by atoms with Gasteiger partial charge in [0, 0.05) is 13.0 Å². The number of rotatable bonds is 1. The zero-order valence-corrected chi connectivity index (χ0v) is 10.4. The fraction of sp³-hybridized carbons (Fsp3) is 0.846. The van der Waals surface area contributed by atoms with E-state index in [0.717, 1.165) is 45.2 Å². The number of hydrogen-bond acceptors (Lipinski definition) is 3. The predicted octanol–water partition coefficient (Wildman–Crippen LogP) is 1.06.